The van der Waals surface area contributed by atoms with Crippen molar-refractivity contribution in [2.24, 2.45) is 5.41 Å². The summed E-state index contributed by atoms with van der Waals surface area (Å²) < 4.78 is 5.80. The molecule has 3 N–H and O–H groups in total. The van der Waals surface area contributed by atoms with Crippen molar-refractivity contribution in [1.29, 1.82) is 0 Å². The molecule has 3 rings (SSSR count). The summed E-state index contributed by atoms with van der Waals surface area (Å²) in [4.78, 5) is 15.2. The lowest BCUT2D eigenvalue weighted by Gasteiger charge is -2.17. The molecule has 0 aliphatic heterocycles. The standard InChI is InChI=1S/C18H23N5O/c1-18(2,3)9-8-12-4-6-13(7-5-12)10-24-16-14-15(21-11-20-14)22-17(19)23-16/h4-7,11H,8-10H2,1-3H3,(H3,19,20,21,22,23). The van der Waals surface area contributed by atoms with Gasteiger partial charge in [0.2, 0.25) is 11.8 Å². The van der Waals surface area contributed by atoms with Crippen LogP contribution in [0.15, 0.2) is 30.6 Å². The number of aromatic nitrogens is 4. The third-order valence-corrected chi connectivity index (χ3v) is 3.83. The van der Waals surface area contributed by atoms with Crippen molar-refractivity contribution in [3.8, 4) is 5.88 Å². The zero-order chi connectivity index (χ0) is 17.2. The third-order valence-electron chi connectivity index (χ3n) is 3.83. The zero-order valence-electron chi connectivity index (χ0n) is 14.3. The van der Waals surface area contributed by atoms with Gasteiger partial charge in [-0.2, -0.15) is 9.97 Å². The monoisotopic (exact) mass is 325 g/mol. The van der Waals surface area contributed by atoms with Crippen LogP contribution >= 0.6 is 0 Å². The summed E-state index contributed by atoms with van der Waals surface area (Å²) >= 11 is 0. The molecule has 0 saturated carbocycles. The second-order valence-electron chi connectivity index (χ2n) is 7.15. The highest BCUT2D eigenvalue weighted by Gasteiger charge is 2.11. The molecule has 3 aromatic rings. The summed E-state index contributed by atoms with van der Waals surface area (Å²) in [6, 6.07) is 8.49. The Morgan fingerprint density at radius 3 is 2.50 bits per heavy atom. The largest absolute Gasteiger partial charge is 0.471 e. The van der Waals surface area contributed by atoms with Crippen molar-refractivity contribution in [2.75, 3.05) is 5.73 Å². The number of aromatic amines is 1. The number of anilines is 1. The molecular formula is C18H23N5O. The number of nitrogen functional groups attached to an aromatic ring is 1. The fourth-order valence-electron chi connectivity index (χ4n) is 2.40. The maximum absolute atomic E-state index is 5.80. The van der Waals surface area contributed by atoms with E-state index in [9.17, 15) is 0 Å². The number of rotatable bonds is 5. The average Bonchev–Trinajstić information content (AvgIpc) is 2.99. The summed E-state index contributed by atoms with van der Waals surface area (Å²) in [5.74, 6) is 0.578. The molecule has 0 radical (unpaired) electrons. The predicted molar refractivity (Wildman–Crippen MR) is 94.6 cm³/mol. The highest BCUT2D eigenvalue weighted by molar-refractivity contribution is 5.76. The van der Waals surface area contributed by atoms with Crippen molar-refractivity contribution < 1.29 is 4.74 Å². The van der Waals surface area contributed by atoms with Gasteiger partial charge >= 0.3 is 0 Å². The molecule has 2 aromatic heterocycles. The van der Waals surface area contributed by atoms with E-state index in [1.165, 1.54) is 12.0 Å². The number of nitrogens with two attached hydrogens (primary N) is 1. The highest BCUT2D eigenvalue weighted by atomic mass is 16.5. The molecule has 24 heavy (non-hydrogen) atoms. The molecule has 0 amide bonds. The number of benzene rings is 1. The Labute approximate surface area is 141 Å². The van der Waals surface area contributed by atoms with E-state index in [2.05, 4.69) is 65.0 Å². The third kappa shape index (κ3) is 4.01. The number of imidazole rings is 1. The van der Waals surface area contributed by atoms with Gasteiger partial charge in [0.1, 0.15) is 12.1 Å². The van der Waals surface area contributed by atoms with Gasteiger partial charge in [-0.25, -0.2) is 4.98 Å². The summed E-state index contributed by atoms with van der Waals surface area (Å²) in [7, 11) is 0. The number of H-pyrrole nitrogens is 1. The van der Waals surface area contributed by atoms with Crippen LogP contribution in [0.2, 0.25) is 0 Å². The quantitative estimate of drug-likeness (QED) is 0.749. The first-order valence-electron chi connectivity index (χ1n) is 8.08. The molecule has 0 saturated heterocycles. The highest BCUT2D eigenvalue weighted by Crippen LogP contribution is 2.23. The van der Waals surface area contributed by atoms with Crippen molar-refractivity contribution in [1.82, 2.24) is 19.9 Å². The fraction of sp³-hybridized carbons (Fsp3) is 0.389. The Bertz CT molecular complexity index is 818. The molecule has 6 nitrogen and oxygen atoms in total. The molecule has 0 unspecified atom stereocenters. The lowest BCUT2D eigenvalue weighted by atomic mass is 9.88. The van der Waals surface area contributed by atoms with Gasteiger partial charge in [0.05, 0.1) is 6.33 Å². The van der Waals surface area contributed by atoms with Crippen molar-refractivity contribution in [3.05, 3.63) is 41.7 Å². The second kappa shape index (κ2) is 6.47. The summed E-state index contributed by atoms with van der Waals surface area (Å²) in [6.07, 6.45) is 3.80. The Morgan fingerprint density at radius 2 is 1.79 bits per heavy atom. The lowest BCUT2D eigenvalue weighted by molar-refractivity contribution is 0.297. The van der Waals surface area contributed by atoms with Crippen molar-refractivity contribution in [2.45, 2.75) is 40.2 Å². The van der Waals surface area contributed by atoms with Gasteiger partial charge in [0, 0.05) is 0 Å². The maximum atomic E-state index is 5.80. The van der Waals surface area contributed by atoms with Gasteiger partial charge in [-0.15, -0.1) is 0 Å². The summed E-state index contributed by atoms with van der Waals surface area (Å²) in [6.45, 7) is 7.21. The molecule has 0 spiro atoms. The fourth-order valence-corrected chi connectivity index (χ4v) is 2.40. The first kappa shape index (κ1) is 16.2. The van der Waals surface area contributed by atoms with Crippen LogP contribution in [0.3, 0.4) is 0 Å². The summed E-state index contributed by atoms with van der Waals surface area (Å²) in [5, 5.41) is 0. The number of fused-ring (bicyclic) bond motifs is 1. The van der Waals surface area contributed by atoms with Crippen LogP contribution in [0, 0.1) is 5.41 Å². The van der Waals surface area contributed by atoms with Crippen LogP contribution in [0.5, 0.6) is 5.88 Å². The molecule has 0 bridgehead atoms. The average molecular weight is 325 g/mol. The number of nitrogens with one attached hydrogen (secondary N) is 1. The van der Waals surface area contributed by atoms with E-state index in [4.69, 9.17) is 10.5 Å². The second-order valence-corrected chi connectivity index (χ2v) is 7.15. The smallest absolute Gasteiger partial charge is 0.245 e. The van der Waals surface area contributed by atoms with Crippen LogP contribution in [-0.2, 0) is 13.0 Å². The van der Waals surface area contributed by atoms with E-state index >= 15 is 0 Å². The van der Waals surface area contributed by atoms with Gasteiger partial charge in [-0.3, -0.25) is 0 Å². The Morgan fingerprint density at radius 1 is 1.08 bits per heavy atom. The molecule has 0 atom stereocenters. The number of ether oxygens (including phenoxy) is 1. The number of aryl methyl sites for hydroxylation is 1. The normalized spacial score (nSPS) is 11.8. The Kier molecular flexibility index (Phi) is 4.38. The van der Waals surface area contributed by atoms with Gasteiger partial charge in [0.15, 0.2) is 5.65 Å². The van der Waals surface area contributed by atoms with Crippen LogP contribution in [0.1, 0.15) is 38.3 Å². The first-order valence-corrected chi connectivity index (χ1v) is 8.08. The van der Waals surface area contributed by atoms with E-state index < -0.39 is 0 Å². The molecule has 6 heteroatoms. The molecule has 0 fully saturated rings. The van der Waals surface area contributed by atoms with Gasteiger partial charge in [0.25, 0.3) is 0 Å². The molecule has 0 aliphatic carbocycles. The van der Waals surface area contributed by atoms with E-state index in [1.54, 1.807) is 6.33 Å². The minimum Gasteiger partial charge on any atom is -0.471 e. The van der Waals surface area contributed by atoms with Gasteiger partial charge < -0.3 is 15.5 Å². The number of hydrogen-bond donors (Lipinski definition) is 2. The maximum Gasteiger partial charge on any atom is 0.245 e. The van der Waals surface area contributed by atoms with Crippen molar-refractivity contribution >= 4 is 17.1 Å². The minimum atomic E-state index is 0.155. The van der Waals surface area contributed by atoms with Crippen LogP contribution in [0.25, 0.3) is 11.2 Å². The minimum absolute atomic E-state index is 0.155. The SMILES string of the molecule is CC(C)(C)CCc1ccc(COc2nc(N)nc3nc[nH]c23)cc1. The number of nitrogens with zero attached hydrogens (tertiary/aromatic N) is 3. The number of hydrogen-bond acceptors (Lipinski definition) is 5. The predicted octanol–water partition coefficient (Wildman–Crippen LogP) is 3.49. The van der Waals surface area contributed by atoms with E-state index in [1.807, 2.05) is 0 Å². The molecule has 126 valence electrons. The summed E-state index contributed by atoms with van der Waals surface area (Å²) in [5.41, 5.74) is 9.63. The molecular weight excluding hydrogens is 302 g/mol. The molecule has 0 aliphatic rings. The van der Waals surface area contributed by atoms with E-state index in [0.717, 1.165) is 12.0 Å². The van der Waals surface area contributed by atoms with E-state index in [0.29, 0.717) is 29.1 Å². The van der Waals surface area contributed by atoms with Crippen LogP contribution in [0.4, 0.5) is 5.95 Å². The first-order chi connectivity index (χ1) is 11.4. The lowest BCUT2D eigenvalue weighted by Crippen LogP contribution is -2.06. The van der Waals surface area contributed by atoms with Gasteiger partial charge in [-0.05, 0) is 29.4 Å². The topological polar surface area (TPSA) is 89.7 Å². The van der Waals surface area contributed by atoms with Gasteiger partial charge in [-0.1, -0.05) is 45.0 Å². The molecule has 1 aromatic carbocycles. The van der Waals surface area contributed by atoms with E-state index in [-0.39, 0.29) is 5.95 Å². The van der Waals surface area contributed by atoms with Crippen molar-refractivity contribution in [3.63, 3.8) is 0 Å². The Hall–Kier alpha value is -2.63. The zero-order valence-corrected chi connectivity index (χ0v) is 14.3. The van der Waals surface area contributed by atoms with Crippen LogP contribution < -0.4 is 10.5 Å². The van der Waals surface area contributed by atoms with Crippen LogP contribution in [-0.4, -0.2) is 19.9 Å². The molecule has 2 heterocycles. The Balaban J connectivity index is 1.65.